The Morgan fingerprint density at radius 1 is 1.43 bits per heavy atom. The molecule has 0 aromatic rings. The Balaban J connectivity index is 2.16. The van der Waals surface area contributed by atoms with Gasteiger partial charge in [0.15, 0.2) is 0 Å². The van der Waals surface area contributed by atoms with E-state index in [2.05, 4.69) is 6.58 Å². The molecule has 0 radical (unpaired) electrons. The van der Waals surface area contributed by atoms with Crippen molar-refractivity contribution < 1.29 is 14.3 Å². The van der Waals surface area contributed by atoms with Gasteiger partial charge in [0, 0.05) is 13.2 Å². The first-order valence-electron chi connectivity index (χ1n) is 5.08. The second kappa shape index (κ2) is 5.81. The monoisotopic (exact) mass is 198 g/mol. The zero-order chi connectivity index (χ0) is 10.4. The molecule has 3 heteroatoms. The quantitative estimate of drug-likeness (QED) is 0.511. The zero-order valence-electron chi connectivity index (χ0n) is 8.70. The maximum absolute atomic E-state index is 10.8. The zero-order valence-corrected chi connectivity index (χ0v) is 8.70. The van der Waals surface area contributed by atoms with Crippen molar-refractivity contribution in [2.75, 3.05) is 13.7 Å². The first kappa shape index (κ1) is 11.2. The highest BCUT2D eigenvalue weighted by molar-refractivity contribution is 5.81. The van der Waals surface area contributed by atoms with Gasteiger partial charge >= 0.3 is 5.97 Å². The summed E-state index contributed by atoms with van der Waals surface area (Å²) in [5, 5.41) is 0. The number of hydrogen-bond donors (Lipinski definition) is 0. The summed E-state index contributed by atoms with van der Waals surface area (Å²) in [4.78, 5) is 10.8. The van der Waals surface area contributed by atoms with Crippen LogP contribution in [-0.2, 0) is 14.3 Å². The lowest BCUT2D eigenvalue weighted by Crippen LogP contribution is -2.23. The van der Waals surface area contributed by atoms with Gasteiger partial charge in [-0.15, -0.1) is 0 Å². The van der Waals surface area contributed by atoms with Crippen LogP contribution < -0.4 is 0 Å². The number of carbonyl (C=O) groups excluding carboxylic acids is 1. The van der Waals surface area contributed by atoms with Crippen LogP contribution in [0.15, 0.2) is 12.7 Å². The smallest absolute Gasteiger partial charge is 0.330 e. The largest absolute Gasteiger partial charge is 0.462 e. The van der Waals surface area contributed by atoms with Crippen LogP contribution in [0.5, 0.6) is 0 Å². The van der Waals surface area contributed by atoms with Crippen molar-refractivity contribution in [2.24, 2.45) is 5.92 Å². The third-order valence-electron chi connectivity index (χ3n) is 2.76. The average molecular weight is 198 g/mol. The Labute approximate surface area is 85.1 Å². The molecule has 0 aromatic heterocycles. The Morgan fingerprint density at radius 3 is 2.57 bits per heavy atom. The van der Waals surface area contributed by atoms with Gasteiger partial charge in [0.1, 0.15) is 0 Å². The molecule has 0 atom stereocenters. The predicted octanol–water partition coefficient (Wildman–Crippen LogP) is 1.92. The van der Waals surface area contributed by atoms with Crippen LogP contribution in [0.1, 0.15) is 25.7 Å². The summed E-state index contributed by atoms with van der Waals surface area (Å²) in [6.07, 6.45) is 5.94. The lowest BCUT2D eigenvalue weighted by molar-refractivity contribution is -0.139. The van der Waals surface area contributed by atoms with Crippen LogP contribution in [0.3, 0.4) is 0 Å². The molecular formula is C11H18O3. The Bertz CT molecular complexity index is 193. The van der Waals surface area contributed by atoms with Gasteiger partial charge in [0.05, 0.1) is 12.7 Å². The Morgan fingerprint density at radius 2 is 2.07 bits per heavy atom. The molecule has 1 aliphatic carbocycles. The van der Waals surface area contributed by atoms with Crippen LogP contribution in [0.2, 0.25) is 0 Å². The molecule has 0 amide bonds. The molecule has 1 rings (SSSR count). The molecule has 0 bridgehead atoms. The number of carbonyl (C=O) groups is 1. The predicted molar refractivity (Wildman–Crippen MR) is 53.9 cm³/mol. The van der Waals surface area contributed by atoms with E-state index in [1.165, 1.54) is 6.08 Å². The van der Waals surface area contributed by atoms with E-state index >= 15 is 0 Å². The van der Waals surface area contributed by atoms with Crippen molar-refractivity contribution in [3.05, 3.63) is 12.7 Å². The normalized spacial score (nSPS) is 26.9. The van der Waals surface area contributed by atoms with Gasteiger partial charge in [-0.3, -0.25) is 0 Å². The SMILES string of the molecule is C=CC(=O)OCC1CCC(OC)CC1. The van der Waals surface area contributed by atoms with Crippen molar-refractivity contribution in [2.45, 2.75) is 31.8 Å². The average Bonchev–Trinajstić information content (AvgIpc) is 2.26. The summed E-state index contributed by atoms with van der Waals surface area (Å²) >= 11 is 0. The van der Waals surface area contributed by atoms with Crippen LogP contribution in [0, 0.1) is 5.92 Å². The summed E-state index contributed by atoms with van der Waals surface area (Å²) in [6, 6.07) is 0. The molecule has 1 saturated carbocycles. The summed E-state index contributed by atoms with van der Waals surface area (Å²) in [6.45, 7) is 3.88. The van der Waals surface area contributed by atoms with Gasteiger partial charge in [0.25, 0.3) is 0 Å². The molecule has 0 N–H and O–H groups in total. The fraction of sp³-hybridized carbons (Fsp3) is 0.727. The van der Waals surface area contributed by atoms with E-state index in [9.17, 15) is 4.79 Å². The third kappa shape index (κ3) is 3.50. The molecule has 80 valence electrons. The van der Waals surface area contributed by atoms with E-state index in [0.717, 1.165) is 25.7 Å². The number of rotatable bonds is 4. The maximum Gasteiger partial charge on any atom is 0.330 e. The van der Waals surface area contributed by atoms with E-state index in [-0.39, 0.29) is 5.97 Å². The van der Waals surface area contributed by atoms with Gasteiger partial charge < -0.3 is 9.47 Å². The lowest BCUT2D eigenvalue weighted by Gasteiger charge is -2.26. The molecule has 0 spiro atoms. The highest BCUT2D eigenvalue weighted by Crippen LogP contribution is 2.25. The number of esters is 1. The summed E-state index contributed by atoms with van der Waals surface area (Å²) in [5.41, 5.74) is 0. The number of ether oxygens (including phenoxy) is 2. The highest BCUT2D eigenvalue weighted by atomic mass is 16.5. The summed E-state index contributed by atoms with van der Waals surface area (Å²) in [5.74, 6) is 0.184. The van der Waals surface area contributed by atoms with Crippen molar-refractivity contribution in [1.29, 1.82) is 0 Å². The molecule has 0 heterocycles. The molecule has 14 heavy (non-hydrogen) atoms. The van der Waals surface area contributed by atoms with E-state index in [0.29, 0.717) is 18.6 Å². The standard InChI is InChI=1S/C11H18O3/c1-3-11(12)14-8-9-4-6-10(13-2)7-5-9/h3,9-10H,1,4-8H2,2H3. The number of hydrogen-bond acceptors (Lipinski definition) is 3. The van der Waals surface area contributed by atoms with Crippen molar-refractivity contribution in [3.63, 3.8) is 0 Å². The minimum atomic E-state index is -0.320. The van der Waals surface area contributed by atoms with Crippen molar-refractivity contribution in [1.82, 2.24) is 0 Å². The molecule has 0 unspecified atom stereocenters. The second-order valence-electron chi connectivity index (χ2n) is 3.71. The van der Waals surface area contributed by atoms with Crippen LogP contribution in [0.4, 0.5) is 0 Å². The van der Waals surface area contributed by atoms with Gasteiger partial charge in [-0.25, -0.2) is 4.79 Å². The molecule has 1 fully saturated rings. The fourth-order valence-corrected chi connectivity index (χ4v) is 1.79. The maximum atomic E-state index is 10.8. The number of methoxy groups -OCH3 is 1. The van der Waals surface area contributed by atoms with Crippen LogP contribution in [0.25, 0.3) is 0 Å². The molecule has 0 saturated heterocycles. The van der Waals surface area contributed by atoms with Crippen LogP contribution >= 0.6 is 0 Å². The van der Waals surface area contributed by atoms with Crippen LogP contribution in [-0.4, -0.2) is 25.8 Å². The fourth-order valence-electron chi connectivity index (χ4n) is 1.79. The Hall–Kier alpha value is -0.830. The highest BCUT2D eigenvalue weighted by Gasteiger charge is 2.21. The minimum Gasteiger partial charge on any atom is -0.462 e. The van der Waals surface area contributed by atoms with Gasteiger partial charge in [0.2, 0.25) is 0 Å². The molecular weight excluding hydrogens is 180 g/mol. The third-order valence-corrected chi connectivity index (χ3v) is 2.76. The van der Waals surface area contributed by atoms with E-state index in [1.807, 2.05) is 0 Å². The second-order valence-corrected chi connectivity index (χ2v) is 3.71. The summed E-state index contributed by atoms with van der Waals surface area (Å²) in [7, 11) is 1.75. The minimum absolute atomic E-state index is 0.320. The molecule has 1 aliphatic rings. The van der Waals surface area contributed by atoms with Gasteiger partial charge in [-0.05, 0) is 31.6 Å². The molecule has 0 aliphatic heterocycles. The topological polar surface area (TPSA) is 35.5 Å². The van der Waals surface area contributed by atoms with Crippen molar-refractivity contribution >= 4 is 5.97 Å². The lowest BCUT2D eigenvalue weighted by atomic mass is 9.88. The molecule has 0 aromatic carbocycles. The van der Waals surface area contributed by atoms with Crippen molar-refractivity contribution in [3.8, 4) is 0 Å². The van der Waals surface area contributed by atoms with Gasteiger partial charge in [-0.1, -0.05) is 6.58 Å². The van der Waals surface area contributed by atoms with Gasteiger partial charge in [-0.2, -0.15) is 0 Å². The molecule has 3 nitrogen and oxygen atoms in total. The van der Waals surface area contributed by atoms with E-state index < -0.39 is 0 Å². The van der Waals surface area contributed by atoms with E-state index in [1.54, 1.807) is 7.11 Å². The first-order chi connectivity index (χ1) is 6.76. The Kier molecular flexibility index (Phi) is 4.66. The summed E-state index contributed by atoms with van der Waals surface area (Å²) < 4.78 is 10.3. The van der Waals surface area contributed by atoms with E-state index in [4.69, 9.17) is 9.47 Å². The first-order valence-corrected chi connectivity index (χ1v) is 5.08.